The van der Waals surface area contributed by atoms with Crippen molar-refractivity contribution in [2.24, 2.45) is 0 Å². The number of aromatic nitrogens is 3. The van der Waals surface area contributed by atoms with Gasteiger partial charge in [0.1, 0.15) is 0 Å². The highest BCUT2D eigenvalue weighted by molar-refractivity contribution is 7.99. The number of rotatable bonds is 8. The molecule has 1 aromatic carbocycles. The maximum absolute atomic E-state index is 12.2. The number of hydrogen-bond acceptors (Lipinski definition) is 6. The molecule has 2 aromatic rings. The molecular formula is C15H19ClN4O4S2. The number of carbonyl (C=O) groups excluding carboxylic acids is 1. The third kappa shape index (κ3) is 5.36. The fourth-order valence-corrected chi connectivity index (χ4v) is 3.66. The van der Waals surface area contributed by atoms with Crippen LogP contribution in [0.1, 0.15) is 19.8 Å². The largest absolute Gasteiger partial charge is 0.343 e. The second-order valence-corrected chi connectivity index (χ2v) is 8.93. The molecule has 0 aliphatic carbocycles. The molecule has 2 rings (SSSR count). The molecule has 0 saturated carbocycles. The third-order valence-corrected chi connectivity index (χ3v) is 5.85. The number of thioether (sulfide) groups is 1. The lowest BCUT2D eigenvalue weighted by Gasteiger charge is -2.09. The standard InChI is InChI=1S/C15H19ClN4O4S2/c1-3-4-7-20-14(22)18-19-15(20)25-9-13(21)17-12-8-10(26(2,23)24)5-6-11(12)16/h5-6,8H,3-4,7,9H2,1-2H3,(H,17,21)(H,18,22). The van der Waals surface area contributed by atoms with Gasteiger partial charge in [0.25, 0.3) is 0 Å². The number of H-pyrrole nitrogens is 1. The van der Waals surface area contributed by atoms with Crippen molar-refractivity contribution in [3.63, 3.8) is 0 Å². The number of nitrogens with zero attached hydrogens (tertiary/aromatic N) is 2. The first-order valence-electron chi connectivity index (χ1n) is 7.80. The van der Waals surface area contributed by atoms with Crippen molar-refractivity contribution < 1.29 is 13.2 Å². The van der Waals surface area contributed by atoms with Crippen LogP contribution in [-0.4, -0.2) is 41.1 Å². The minimum Gasteiger partial charge on any atom is -0.324 e. The Bertz CT molecular complexity index is 953. The van der Waals surface area contributed by atoms with E-state index in [1.54, 1.807) is 0 Å². The topological polar surface area (TPSA) is 114 Å². The number of sulfone groups is 1. The molecule has 0 bridgehead atoms. The van der Waals surface area contributed by atoms with Crippen LogP contribution >= 0.6 is 23.4 Å². The highest BCUT2D eigenvalue weighted by Crippen LogP contribution is 2.25. The zero-order chi connectivity index (χ0) is 19.3. The minimum absolute atomic E-state index is 0.00412. The van der Waals surface area contributed by atoms with Crippen LogP contribution in [0, 0.1) is 0 Å². The molecule has 0 saturated heterocycles. The Balaban J connectivity index is 2.05. The number of nitrogens with one attached hydrogen (secondary N) is 2. The first-order valence-corrected chi connectivity index (χ1v) is 11.1. The van der Waals surface area contributed by atoms with Crippen LogP contribution in [0.5, 0.6) is 0 Å². The van der Waals surface area contributed by atoms with E-state index in [4.69, 9.17) is 11.6 Å². The first kappa shape index (κ1) is 20.5. The first-order chi connectivity index (χ1) is 12.2. The van der Waals surface area contributed by atoms with Gasteiger partial charge in [0.05, 0.1) is 21.4 Å². The van der Waals surface area contributed by atoms with Crippen LogP contribution in [-0.2, 0) is 21.2 Å². The molecule has 11 heteroatoms. The Hall–Kier alpha value is -1.78. The van der Waals surface area contributed by atoms with Gasteiger partial charge < -0.3 is 5.32 Å². The molecule has 1 heterocycles. The number of hydrogen-bond donors (Lipinski definition) is 2. The van der Waals surface area contributed by atoms with Gasteiger partial charge in [0.2, 0.25) is 5.91 Å². The van der Waals surface area contributed by atoms with Gasteiger partial charge in [-0.2, -0.15) is 0 Å². The number of aromatic amines is 1. The van der Waals surface area contributed by atoms with Crippen molar-refractivity contribution in [1.82, 2.24) is 14.8 Å². The SMILES string of the molecule is CCCCn1c(SCC(=O)Nc2cc(S(C)(=O)=O)ccc2Cl)n[nH]c1=O. The van der Waals surface area contributed by atoms with E-state index < -0.39 is 9.84 Å². The van der Waals surface area contributed by atoms with Crippen molar-refractivity contribution in [2.75, 3.05) is 17.3 Å². The number of anilines is 1. The monoisotopic (exact) mass is 418 g/mol. The number of halogens is 1. The molecular weight excluding hydrogens is 400 g/mol. The molecule has 0 fully saturated rings. The summed E-state index contributed by atoms with van der Waals surface area (Å²) in [5.41, 5.74) is -0.101. The lowest BCUT2D eigenvalue weighted by atomic mass is 10.3. The molecule has 0 spiro atoms. The Labute approximate surface area is 160 Å². The van der Waals surface area contributed by atoms with E-state index in [9.17, 15) is 18.0 Å². The molecule has 1 aromatic heterocycles. The second kappa shape index (κ2) is 8.74. The molecule has 0 atom stereocenters. The number of benzene rings is 1. The van der Waals surface area contributed by atoms with Crippen LogP contribution < -0.4 is 11.0 Å². The van der Waals surface area contributed by atoms with Gasteiger partial charge >= 0.3 is 5.69 Å². The van der Waals surface area contributed by atoms with E-state index in [1.165, 1.54) is 22.8 Å². The summed E-state index contributed by atoms with van der Waals surface area (Å²) >= 11 is 7.12. The van der Waals surface area contributed by atoms with Gasteiger partial charge in [-0.25, -0.2) is 18.3 Å². The average Bonchev–Trinajstić information content (AvgIpc) is 2.92. The van der Waals surface area contributed by atoms with Gasteiger partial charge in [-0.05, 0) is 24.6 Å². The number of unbranched alkanes of at least 4 members (excludes halogenated alkanes) is 1. The Kier molecular flexibility index (Phi) is 6.90. The van der Waals surface area contributed by atoms with Crippen molar-refractivity contribution >= 4 is 44.8 Å². The summed E-state index contributed by atoms with van der Waals surface area (Å²) in [5.74, 6) is -0.393. The maximum atomic E-state index is 12.2. The van der Waals surface area contributed by atoms with E-state index in [1.807, 2.05) is 6.92 Å². The summed E-state index contributed by atoms with van der Waals surface area (Å²) in [6.07, 6.45) is 2.83. The zero-order valence-corrected chi connectivity index (χ0v) is 16.7. The highest BCUT2D eigenvalue weighted by Gasteiger charge is 2.14. The van der Waals surface area contributed by atoms with Gasteiger partial charge in [-0.3, -0.25) is 9.36 Å². The number of carbonyl (C=O) groups is 1. The van der Waals surface area contributed by atoms with E-state index in [-0.39, 0.29) is 33.0 Å². The molecule has 142 valence electrons. The average molecular weight is 419 g/mol. The van der Waals surface area contributed by atoms with Gasteiger partial charge in [0.15, 0.2) is 15.0 Å². The van der Waals surface area contributed by atoms with Crippen molar-refractivity contribution in [2.45, 2.75) is 36.4 Å². The molecule has 0 aliphatic heterocycles. The lowest BCUT2D eigenvalue weighted by Crippen LogP contribution is -2.19. The van der Waals surface area contributed by atoms with E-state index >= 15 is 0 Å². The molecule has 0 unspecified atom stereocenters. The predicted molar refractivity (Wildman–Crippen MR) is 102 cm³/mol. The van der Waals surface area contributed by atoms with Crippen LogP contribution in [0.3, 0.4) is 0 Å². The summed E-state index contributed by atoms with van der Waals surface area (Å²) in [6, 6.07) is 4.10. The fourth-order valence-electron chi connectivity index (χ4n) is 2.07. The summed E-state index contributed by atoms with van der Waals surface area (Å²) in [5, 5.41) is 9.52. The zero-order valence-electron chi connectivity index (χ0n) is 14.3. The Morgan fingerprint density at radius 3 is 2.81 bits per heavy atom. The smallest absolute Gasteiger partial charge is 0.324 e. The Morgan fingerprint density at radius 1 is 1.42 bits per heavy atom. The minimum atomic E-state index is -3.41. The third-order valence-electron chi connectivity index (χ3n) is 3.43. The van der Waals surface area contributed by atoms with Crippen LogP contribution in [0.4, 0.5) is 5.69 Å². The highest BCUT2D eigenvalue weighted by atomic mass is 35.5. The predicted octanol–water partition coefficient (Wildman–Crippen LogP) is 2.16. The van der Waals surface area contributed by atoms with Crippen LogP contribution in [0.2, 0.25) is 5.02 Å². The van der Waals surface area contributed by atoms with Crippen molar-refractivity contribution in [3.8, 4) is 0 Å². The molecule has 0 aliphatic rings. The fraction of sp³-hybridized carbons (Fsp3) is 0.400. The lowest BCUT2D eigenvalue weighted by molar-refractivity contribution is -0.113. The Morgan fingerprint density at radius 2 is 2.15 bits per heavy atom. The normalized spacial score (nSPS) is 11.5. The summed E-state index contributed by atoms with van der Waals surface area (Å²) in [7, 11) is -3.41. The molecule has 1 amide bonds. The summed E-state index contributed by atoms with van der Waals surface area (Å²) in [4.78, 5) is 23.9. The molecule has 8 nitrogen and oxygen atoms in total. The van der Waals surface area contributed by atoms with Gasteiger partial charge in [-0.15, -0.1) is 5.10 Å². The number of amides is 1. The van der Waals surface area contributed by atoms with Crippen LogP contribution in [0.25, 0.3) is 0 Å². The van der Waals surface area contributed by atoms with Crippen molar-refractivity contribution in [1.29, 1.82) is 0 Å². The van der Waals surface area contributed by atoms with E-state index in [2.05, 4.69) is 15.5 Å². The van der Waals surface area contributed by atoms with Crippen LogP contribution in [0.15, 0.2) is 33.0 Å². The van der Waals surface area contributed by atoms with Gasteiger partial charge in [-0.1, -0.05) is 36.7 Å². The summed E-state index contributed by atoms with van der Waals surface area (Å²) < 4.78 is 24.7. The molecule has 0 radical (unpaired) electrons. The van der Waals surface area contributed by atoms with Crippen molar-refractivity contribution in [3.05, 3.63) is 33.7 Å². The molecule has 26 heavy (non-hydrogen) atoms. The second-order valence-electron chi connectivity index (χ2n) is 5.57. The van der Waals surface area contributed by atoms with E-state index in [0.29, 0.717) is 11.7 Å². The van der Waals surface area contributed by atoms with Gasteiger partial charge in [0, 0.05) is 12.8 Å². The summed E-state index contributed by atoms with van der Waals surface area (Å²) in [6.45, 7) is 2.54. The maximum Gasteiger partial charge on any atom is 0.343 e. The quantitative estimate of drug-likeness (QED) is 0.635. The molecule has 2 N–H and O–H groups in total. The van der Waals surface area contributed by atoms with E-state index in [0.717, 1.165) is 30.9 Å².